The smallest absolute Gasteiger partial charge is 0.134 e. The molecule has 1 aromatic carbocycles. The Morgan fingerprint density at radius 3 is 3.00 bits per heavy atom. The van der Waals surface area contributed by atoms with E-state index in [-0.39, 0.29) is 11.8 Å². The first-order valence-electron chi connectivity index (χ1n) is 8.11. The van der Waals surface area contributed by atoms with Gasteiger partial charge in [0.25, 0.3) is 0 Å². The third-order valence-corrected chi connectivity index (χ3v) is 4.75. The van der Waals surface area contributed by atoms with Crippen molar-refractivity contribution in [3.05, 3.63) is 59.4 Å². The summed E-state index contributed by atoms with van der Waals surface area (Å²) in [4.78, 5) is 0. The highest BCUT2D eigenvalue weighted by Gasteiger charge is 2.36. The quantitative estimate of drug-likeness (QED) is 0.772. The summed E-state index contributed by atoms with van der Waals surface area (Å²) >= 11 is 0. The van der Waals surface area contributed by atoms with Crippen LogP contribution >= 0.6 is 0 Å². The van der Waals surface area contributed by atoms with Crippen LogP contribution in [0.25, 0.3) is 0 Å². The minimum atomic E-state index is 0.203. The van der Waals surface area contributed by atoms with Crippen molar-refractivity contribution in [2.45, 2.75) is 45.4 Å². The maximum atomic E-state index is 10.5. The Kier molecular flexibility index (Phi) is 4.10. The van der Waals surface area contributed by atoms with Gasteiger partial charge in [0.2, 0.25) is 0 Å². The lowest BCUT2D eigenvalue weighted by atomic mass is 9.74. The Balaban J connectivity index is 1.99. The monoisotopic (exact) mass is 296 g/mol. The first-order valence-corrected chi connectivity index (χ1v) is 8.11. The van der Waals surface area contributed by atoms with Gasteiger partial charge in [-0.1, -0.05) is 30.4 Å². The van der Waals surface area contributed by atoms with Crippen molar-refractivity contribution in [3.63, 3.8) is 0 Å². The van der Waals surface area contributed by atoms with Gasteiger partial charge in [-0.05, 0) is 57.2 Å². The fraction of sp³-hybridized carbons (Fsp3) is 0.400. The molecule has 3 rings (SSSR count). The van der Waals surface area contributed by atoms with E-state index in [0.29, 0.717) is 5.75 Å². The van der Waals surface area contributed by atoms with Gasteiger partial charge >= 0.3 is 0 Å². The molecule has 0 bridgehead atoms. The largest absolute Gasteiger partial charge is 0.507 e. The lowest BCUT2D eigenvalue weighted by molar-refractivity contribution is 0.275. The van der Waals surface area contributed by atoms with E-state index in [0.717, 1.165) is 48.3 Å². The number of hydrogen-bond donors (Lipinski definition) is 1. The molecule has 1 heterocycles. The summed E-state index contributed by atoms with van der Waals surface area (Å²) in [7, 11) is 0. The predicted octanol–water partition coefficient (Wildman–Crippen LogP) is 5.25. The highest BCUT2D eigenvalue weighted by molar-refractivity contribution is 5.54. The average Bonchev–Trinajstić information content (AvgIpc) is 2.46. The molecular formula is C20H24O2. The number of aryl methyl sites for hydroxylation is 1. The zero-order valence-corrected chi connectivity index (χ0v) is 13.4. The zero-order valence-electron chi connectivity index (χ0n) is 13.4. The van der Waals surface area contributed by atoms with Gasteiger partial charge in [-0.25, -0.2) is 0 Å². The maximum Gasteiger partial charge on any atom is 0.134 e. The van der Waals surface area contributed by atoms with Gasteiger partial charge in [-0.2, -0.15) is 0 Å². The van der Waals surface area contributed by atoms with E-state index in [9.17, 15) is 5.11 Å². The number of fused-ring (bicyclic) bond motifs is 3. The maximum absolute atomic E-state index is 10.5. The van der Waals surface area contributed by atoms with Crippen LogP contribution in [-0.2, 0) is 6.42 Å². The van der Waals surface area contributed by atoms with E-state index in [2.05, 4.69) is 37.8 Å². The normalized spacial score (nSPS) is 23.7. The molecule has 1 N–H and O–H groups in total. The van der Waals surface area contributed by atoms with Crippen molar-refractivity contribution < 1.29 is 9.84 Å². The van der Waals surface area contributed by atoms with E-state index in [1.807, 2.05) is 13.0 Å². The number of hydrogen-bond acceptors (Lipinski definition) is 2. The molecular weight excluding hydrogens is 272 g/mol. The third-order valence-electron chi connectivity index (χ3n) is 4.75. The van der Waals surface area contributed by atoms with Crippen molar-refractivity contribution in [1.29, 1.82) is 0 Å². The van der Waals surface area contributed by atoms with Gasteiger partial charge in [0.05, 0.1) is 0 Å². The standard InChI is InChI=1S/C20H24O2/c1-4-5-6-7-15-11-18(21)20-17-10-13(2)8-9-16(17)14(3)22-19(20)12-15/h4-5,10-12,16-17,21H,3,6-9H2,1-2H3/b5-4+/t16-,17?/m0/s1. The molecule has 0 saturated carbocycles. The second-order valence-electron chi connectivity index (χ2n) is 6.39. The minimum Gasteiger partial charge on any atom is -0.507 e. The fourth-order valence-corrected chi connectivity index (χ4v) is 3.58. The van der Waals surface area contributed by atoms with E-state index in [4.69, 9.17) is 4.74 Å². The lowest BCUT2D eigenvalue weighted by Crippen LogP contribution is -2.25. The highest BCUT2D eigenvalue weighted by Crippen LogP contribution is 2.51. The molecule has 1 aliphatic carbocycles. The summed E-state index contributed by atoms with van der Waals surface area (Å²) in [6, 6.07) is 3.96. The van der Waals surface area contributed by atoms with Crippen LogP contribution in [-0.4, -0.2) is 5.11 Å². The topological polar surface area (TPSA) is 29.5 Å². The van der Waals surface area contributed by atoms with Gasteiger partial charge in [-0.15, -0.1) is 0 Å². The summed E-state index contributed by atoms with van der Waals surface area (Å²) in [5.41, 5.74) is 3.43. The molecule has 0 radical (unpaired) electrons. The summed E-state index contributed by atoms with van der Waals surface area (Å²) in [6.07, 6.45) is 10.5. The Labute approximate surface area is 132 Å². The predicted molar refractivity (Wildman–Crippen MR) is 90.2 cm³/mol. The van der Waals surface area contributed by atoms with Crippen LogP contribution in [0.4, 0.5) is 0 Å². The molecule has 2 heteroatoms. The van der Waals surface area contributed by atoms with E-state index >= 15 is 0 Å². The number of ether oxygens (including phenoxy) is 1. The molecule has 0 saturated heterocycles. The Morgan fingerprint density at radius 1 is 1.41 bits per heavy atom. The zero-order chi connectivity index (χ0) is 15.7. The van der Waals surface area contributed by atoms with E-state index in [1.165, 1.54) is 5.57 Å². The SMILES string of the molecule is C=C1Oc2cc(CC/C=C/C)cc(O)c2C2C=C(C)CC[C@@H]12. The molecule has 0 fully saturated rings. The van der Waals surface area contributed by atoms with Gasteiger partial charge in [0.1, 0.15) is 17.3 Å². The third kappa shape index (κ3) is 2.70. The van der Waals surface area contributed by atoms with Gasteiger partial charge in [0.15, 0.2) is 0 Å². The van der Waals surface area contributed by atoms with Gasteiger partial charge in [0, 0.05) is 17.4 Å². The van der Waals surface area contributed by atoms with E-state index < -0.39 is 0 Å². The molecule has 2 nitrogen and oxygen atoms in total. The number of aromatic hydroxyl groups is 1. The average molecular weight is 296 g/mol. The summed E-state index contributed by atoms with van der Waals surface area (Å²) in [5, 5.41) is 10.5. The van der Waals surface area contributed by atoms with Crippen LogP contribution in [0.3, 0.4) is 0 Å². The van der Waals surface area contributed by atoms with Gasteiger partial charge in [-0.3, -0.25) is 0 Å². The Bertz CT molecular complexity index is 652. The fourth-order valence-electron chi connectivity index (χ4n) is 3.58. The van der Waals surface area contributed by atoms with Crippen molar-refractivity contribution in [2.75, 3.05) is 0 Å². The lowest BCUT2D eigenvalue weighted by Gasteiger charge is -2.37. The molecule has 1 aromatic rings. The first kappa shape index (κ1) is 15.0. The summed E-state index contributed by atoms with van der Waals surface area (Å²) in [5.74, 6) is 2.48. The first-order chi connectivity index (χ1) is 10.6. The Hall–Kier alpha value is -1.96. The molecule has 0 spiro atoms. The summed E-state index contributed by atoms with van der Waals surface area (Å²) in [6.45, 7) is 8.30. The molecule has 2 atom stereocenters. The van der Waals surface area contributed by atoms with Crippen molar-refractivity contribution in [2.24, 2.45) is 5.92 Å². The number of benzene rings is 1. The number of rotatable bonds is 3. The number of phenolic OH excluding ortho intramolecular Hbond substituents is 1. The molecule has 1 aliphatic heterocycles. The molecule has 0 amide bonds. The highest BCUT2D eigenvalue weighted by atomic mass is 16.5. The second-order valence-corrected chi connectivity index (χ2v) is 6.39. The van der Waals surface area contributed by atoms with Crippen LogP contribution < -0.4 is 4.74 Å². The number of allylic oxidation sites excluding steroid dienone is 5. The molecule has 0 aromatic heterocycles. The van der Waals surface area contributed by atoms with Crippen molar-refractivity contribution in [3.8, 4) is 11.5 Å². The second kappa shape index (κ2) is 6.04. The number of phenols is 1. The summed E-state index contributed by atoms with van der Waals surface area (Å²) < 4.78 is 5.96. The van der Waals surface area contributed by atoms with Crippen molar-refractivity contribution in [1.82, 2.24) is 0 Å². The van der Waals surface area contributed by atoms with Crippen molar-refractivity contribution >= 4 is 0 Å². The van der Waals surface area contributed by atoms with Crippen LogP contribution in [0, 0.1) is 5.92 Å². The molecule has 2 aliphatic rings. The van der Waals surface area contributed by atoms with Crippen LogP contribution in [0.5, 0.6) is 11.5 Å². The molecule has 116 valence electrons. The van der Waals surface area contributed by atoms with Gasteiger partial charge < -0.3 is 9.84 Å². The van der Waals surface area contributed by atoms with E-state index in [1.54, 1.807) is 0 Å². The minimum absolute atomic E-state index is 0.203. The Morgan fingerprint density at radius 2 is 2.23 bits per heavy atom. The molecule has 22 heavy (non-hydrogen) atoms. The van der Waals surface area contributed by atoms with Crippen LogP contribution in [0.1, 0.15) is 50.2 Å². The van der Waals surface area contributed by atoms with Crippen LogP contribution in [0.15, 0.2) is 48.3 Å². The molecule has 1 unspecified atom stereocenters. The van der Waals surface area contributed by atoms with Crippen LogP contribution in [0.2, 0.25) is 0 Å².